The molecule has 1 aromatic carbocycles. The zero-order chi connectivity index (χ0) is 15.2. The van der Waals surface area contributed by atoms with Crippen molar-refractivity contribution in [1.82, 2.24) is 10.2 Å². The topological polar surface area (TPSA) is 69.6 Å². The molecule has 0 aromatic heterocycles. The lowest BCUT2D eigenvalue weighted by atomic mass is 10.1. The van der Waals surface area contributed by atoms with E-state index in [2.05, 4.69) is 10.2 Å². The fraction of sp³-hybridized carbons (Fsp3) is 0.375. The van der Waals surface area contributed by atoms with Gasteiger partial charge in [0.25, 0.3) is 0 Å². The van der Waals surface area contributed by atoms with Crippen LogP contribution in [0.4, 0.5) is 0 Å². The lowest BCUT2D eigenvalue weighted by molar-refractivity contribution is -0.131. The zero-order valence-electron chi connectivity index (χ0n) is 12.1. The summed E-state index contributed by atoms with van der Waals surface area (Å²) in [6.07, 6.45) is 3.48. The van der Waals surface area contributed by atoms with Crippen LogP contribution < -0.4 is 5.32 Å². The van der Waals surface area contributed by atoms with E-state index < -0.39 is 5.97 Å². The number of hydrogen-bond donors (Lipinski definition) is 2. The van der Waals surface area contributed by atoms with Gasteiger partial charge < -0.3 is 10.4 Å². The maximum atomic E-state index is 11.8. The van der Waals surface area contributed by atoms with Crippen LogP contribution in [0, 0.1) is 0 Å². The van der Waals surface area contributed by atoms with Gasteiger partial charge in [0, 0.05) is 25.7 Å². The standard InChI is InChI=1S/C16H20N2O3/c1-2-14-16(21)17-8-9-18(14)11-13-5-3-4-12(10-13)6-7-15(19)20/h3-7,10,14H,2,8-9,11H2,1H3,(H,17,21)(H,19,20). The number of carboxylic acid groups (broad SMARTS) is 1. The van der Waals surface area contributed by atoms with Gasteiger partial charge in [0.1, 0.15) is 0 Å². The van der Waals surface area contributed by atoms with E-state index in [-0.39, 0.29) is 11.9 Å². The Labute approximate surface area is 124 Å². The smallest absolute Gasteiger partial charge is 0.328 e. The molecule has 1 unspecified atom stereocenters. The highest BCUT2D eigenvalue weighted by Gasteiger charge is 2.27. The summed E-state index contributed by atoms with van der Waals surface area (Å²) >= 11 is 0. The molecule has 0 bridgehead atoms. The zero-order valence-corrected chi connectivity index (χ0v) is 12.1. The highest BCUT2D eigenvalue weighted by atomic mass is 16.4. The first-order chi connectivity index (χ1) is 10.1. The summed E-state index contributed by atoms with van der Waals surface area (Å²) in [7, 11) is 0. The van der Waals surface area contributed by atoms with Crippen molar-refractivity contribution in [1.29, 1.82) is 0 Å². The summed E-state index contributed by atoms with van der Waals surface area (Å²) in [6, 6.07) is 7.64. The highest BCUT2D eigenvalue weighted by molar-refractivity contribution is 5.85. The summed E-state index contributed by atoms with van der Waals surface area (Å²) in [4.78, 5) is 24.6. The van der Waals surface area contributed by atoms with Crippen LogP contribution in [0.1, 0.15) is 24.5 Å². The average Bonchev–Trinajstić information content (AvgIpc) is 2.46. The van der Waals surface area contributed by atoms with Gasteiger partial charge in [0.2, 0.25) is 5.91 Å². The molecule has 1 aliphatic rings. The number of rotatable bonds is 5. The molecular formula is C16H20N2O3. The third-order valence-electron chi connectivity index (χ3n) is 3.58. The lowest BCUT2D eigenvalue weighted by Crippen LogP contribution is -2.54. The van der Waals surface area contributed by atoms with Gasteiger partial charge >= 0.3 is 5.97 Å². The Kier molecular flexibility index (Phi) is 5.11. The van der Waals surface area contributed by atoms with Crippen molar-refractivity contribution in [3.8, 4) is 0 Å². The van der Waals surface area contributed by atoms with Crippen LogP contribution in [0.25, 0.3) is 6.08 Å². The molecule has 0 aliphatic carbocycles. The minimum atomic E-state index is -0.959. The van der Waals surface area contributed by atoms with Gasteiger partial charge in [0.05, 0.1) is 6.04 Å². The van der Waals surface area contributed by atoms with Gasteiger partial charge in [-0.15, -0.1) is 0 Å². The van der Waals surface area contributed by atoms with Gasteiger partial charge in [-0.05, 0) is 23.6 Å². The Hall–Kier alpha value is -2.14. The summed E-state index contributed by atoms with van der Waals surface area (Å²) < 4.78 is 0. The number of nitrogens with zero attached hydrogens (tertiary/aromatic N) is 1. The Morgan fingerprint density at radius 3 is 3.05 bits per heavy atom. The third kappa shape index (κ3) is 4.16. The number of amides is 1. The quantitative estimate of drug-likeness (QED) is 0.806. The second-order valence-corrected chi connectivity index (χ2v) is 5.10. The first kappa shape index (κ1) is 15.3. The van der Waals surface area contributed by atoms with Crippen LogP contribution in [0.15, 0.2) is 30.3 Å². The van der Waals surface area contributed by atoms with E-state index in [0.29, 0.717) is 13.1 Å². The van der Waals surface area contributed by atoms with E-state index in [1.165, 1.54) is 0 Å². The van der Waals surface area contributed by atoms with E-state index in [4.69, 9.17) is 5.11 Å². The Morgan fingerprint density at radius 2 is 2.33 bits per heavy atom. The van der Waals surface area contributed by atoms with Gasteiger partial charge in [-0.3, -0.25) is 9.69 Å². The number of aliphatic carboxylic acids is 1. The van der Waals surface area contributed by atoms with Crippen molar-refractivity contribution in [2.24, 2.45) is 0 Å². The molecule has 0 saturated carbocycles. The fourth-order valence-corrected chi connectivity index (χ4v) is 2.59. The molecule has 0 radical (unpaired) electrons. The number of carbonyl (C=O) groups excluding carboxylic acids is 1. The predicted octanol–water partition coefficient (Wildman–Crippen LogP) is 1.49. The van der Waals surface area contributed by atoms with Gasteiger partial charge in [0.15, 0.2) is 0 Å². The summed E-state index contributed by atoms with van der Waals surface area (Å²) in [5.74, 6) is -0.871. The Bertz CT molecular complexity index is 554. The molecule has 1 amide bonds. The van der Waals surface area contributed by atoms with Crippen LogP contribution in [0.5, 0.6) is 0 Å². The van der Waals surface area contributed by atoms with E-state index in [1.807, 2.05) is 31.2 Å². The van der Waals surface area contributed by atoms with E-state index in [1.54, 1.807) is 6.08 Å². The van der Waals surface area contributed by atoms with Crippen molar-refractivity contribution in [3.05, 3.63) is 41.5 Å². The van der Waals surface area contributed by atoms with Gasteiger partial charge in [-0.1, -0.05) is 31.2 Å². The van der Waals surface area contributed by atoms with Crippen LogP contribution in [0.3, 0.4) is 0 Å². The molecule has 21 heavy (non-hydrogen) atoms. The van der Waals surface area contributed by atoms with Crippen molar-refractivity contribution >= 4 is 18.0 Å². The number of nitrogens with one attached hydrogen (secondary N) is 1. The molecule has 1 saturated heterocycles. The number of carbonyl (C=O) groups is 2. The van der Waals surface area contributed by atoms with E-state index in [0.717, 1.165) is 30.2 Å². The highest BCUT2D eigenvalue weighted by Crippen LogP contribution is 2.15. The monoisotopic (exact) mass is 288 g/mol. The molecule has 0 spiro atoms. The number of benzene rings is 1. The van der Waals surface area contributed by atoms with Crippen LogP contribution in [0.2, 0.25) is 0 Å². The number of hydrogen-bond acceptors (Lipinski definition) is 3. The molecule has 1 fully saturated rings. The maximum Gasteiger partial charge on any atom is 0.328 e. The molecule has 1 atom stereocenters. The summed E-state index contributed by atoms with van der Waals surface area (Å²) in [6.45, 7) is 4.21. The van der Waals surface area contributed by atoms with Crippen LogP contribution in [-0.4, -0.2) is 41.0 Å². The molecule has 1 aromatic rings. The first-order valence-corrected chi connectivity index (χ1v) is 7.12. The normalized spacial score (nSPS) is 19.7. The van der Waals surface area contributed by atoms with Gasteiger partial charge in [-0.2, -0.15) is 0 Å². The van der Waals surface area contributed by atoms with Crippen molar-refractivity contribution in [3.63, 3.8) is 0 Å². The molecule has 1 heterocycles. The van der Waals surface area contributed by atoms with Crippen LogP contribution >= 0.6 is 0 Å². The van der Waals surface area contributed by atoms with Crippen molar-refractivity contribution in [2.45, 2.75) is 25.9 Å². The Morgan fingerprint density at radius 1 is 1.52 bits per heavy atom. The molecule has 2 N–H and O–H groups in total. The fourth-order valence-electron chi connectivity index (χ4n) is 2.59. The number of carboxylic acids is 1. The summed E-state index contributed by atoms with van der Waals surface area (Å²) in [5.41, 5.74) is 1.93. The van der Waals surface area contributed by atoms with E-state index >= 15 is 0 Å². The average molecular weight is 288 g/mol. The molecule has 5 nitrogen and oxygen atoms in total. The van der Waals surface area contributed by atoms with Crippen LogP contribution in [-0.2, 0) is 16.1 Å². The molecular weight excluding hydrogens is 268 g/mol. The SMILES string of the molecule is CCC1C(=O)NCCN1Cc1cccc(C=CC(=O)O)c1. The molecule has 112 valence electrons. The Balaban J connectivity index is 2.10. The predicted molar refractivity (Wildman–Crippen MR) is 80.6 cm³/mol. The molecule has 2 rings (SSSR count). The first-order valence-electron chi connectivity index (χ1n) is 7.12. The second-order valence-electron chi connectivity index (χ2n) is 5.10. The molecule has 1 aliphatic heterocycles. The molecule has 5 heteroatoms. The lowest BCUT2D eigenvalue weighted by Gasteiger charge is -2.34. The summed E-state index contributed by atoms with van der Waals surface area (Å²) in [5, 5.41) is 11.5. The number of piperazine rings is 1. The largest absolute Gasteiger partial charge is 0.478 e. The third-order valence-corrected chi connectivity index (χ3v) is 3.58. The van der Waals surface area contributed by atoms with Crippen molar-refractivity contribution < 1.29 is 14.7 Å². The van der Waals surface area contributed by atoms with Gasteiger partial charge in [-0.25, -0.2) is 4.79 Å². The van der Waals surface area contributed by atoms with Crippen molar-refractivity contribution in [2.75, 3.05) is 13.1 Å². The second kappa shape index (κ2) is 7.04. The van der Waals surface area contributed by atoms with E-state index in [9.17, 15) is 9.59 Å². The minimum absolute atomic E-state index is 0.0861. The minimum Gasteiger partial charge on any atom is -0.478 e. The maximum absolute atomic E-state index is 11.8.